The number of ether oxygens (including phenoxy) is 3. The molecule has 1 aromatic rings. The van der Waals surface area contributed by atoms with Crippen molar-refractivity contribution < 1.29 is 28.9 Å². The molecule has 0 radical (unpaired) electrons. The number of aliphatic carboxylic acids is 1. The van der Waals surface area contributed by atoms with Gasteiger partial charge in [0.25, 0.3) is 0 Å². The van der Waals surface area contributed by atoms with Crippen LogP contribution in [0.25, 0.3) is 6.08 Å². The Bertz CT molecular complexity index is 740. The van der Waals surface area contributed by atoms with Crippen LogP contribution >= 0.6 is 0 Å². The number of rotatable bonds is 18. The van der Waals surface area contributed by atoms with Crippen LogP contribution in [0, 0.1) is 5.92 Å². The van der Waals surface area contributed by atoms with Crippen molar-refractivity contribution in [2.45, 2.75) is 92.1 Å². The Hall–Kier alpha value is -2.50. The first-order valence-electron chi connectivity index (χ1n) is 12.4. The van der Waals surface area contributed by atoms with Gasteiger partial charge in [-0.15, -0.1) is 0 Å². The van der Waals surface area contributed by atoms with E-state index in [2.05, 4.69) is 13.8 Å². The second kappa shape index (κ2) is 17.0. The summed E-state index contributed by atoms with van der Waals surface area (Å²) in [6.45, 7) is 9.23. The van der Waals surface area contributed by atoms with Crippen LogP contribution in [0.1, 0.15) is 96.6 Å². The third kappa shape index (κ3) is 11.3. The lowest BCUT2D eigenvalue weighted by atomic mass is 10.1. The molecule has 1 N–H and O–H groups in total. The lowest BCUT2D eigenvalue weighted by Gasteiger charge is -2.19. The minimum atomic E-state index is -1.03. The summed E-state index contributed by atoms with van der Waals surface area (Å²) in [5, 5.41) is 9.09. The summed E-state index contributed by atoms with van der Waals surface area (Å²) in [5.74, 6) is -0.403. The normalized spacial score (nSPS) is 12.0. The maximum absolute atomic E-state index is 12.2. The first-order chi connectivity index (χ1) is 15.9. The highest BCUT2D eigenvalue weighted by Crippen LogP contribution is 2.37. The molecule has 0 spiro atoms. The van der Waals surface area contributed by atoms with Gasteiger partial charge in [-0.05, 0) is 25.3 Å². The topological polar surface area (TPSA) is 82.1 Å². The van der Waals surface area contributed by atoms with Gasteiger partial charge in [0.1, 0.15) is 6.61 Å². The van der Waals surface area contributed by atoms with Gasteiger partial charge >= 0.3 is 11.9 Å². The van der Waals surface area contributed by atoms with Gasteiger partial charge in [-0.3, -0.25) is 4.79 Å². The monoisotopic (exact) mass is 462 g/mol. The van der Waals surface area contributed by atoms with Crippen molar-refractivity contribution >= 4 is 18.0 Å². The van der Waals surface area contributed by atoms with E-state index in [1.807, 2.05) is 19.9 Å². The molecule has 1 unspecified atom stereocenters. The smallest absolute Gasteiger partial charge is 0.328 e. The van der Waals surface area contributed by atoms with Crippen LogP contribution in [0.15, 0.2) is 18.2 Å². The van der Waals surface area contributed by atoms with Gasteiger partial charge in [0.15, 0.2) is 11.5 Å². The number of esters is 1. The molecule has 6 heteroatoms. The van der Waals surface area contributed by atoms with E-state index >= 15 is 0 Å². The molecule has 0 aliphatic heterocycles. The molecule has 0 aliphatic carbocycles. The lowest BCUT2D eigenvalue weighted by molar-refractivity contribution is -0.149. The lowest BCUT2D eigenvalue weighted by Crippen LogP contribution is -2.14. The van der Waals surface area contributed by atoms with Crippen LogP contribution < -0.4 is 9.47 Å². The minimum Gasteiger partial charge on any atom is -0.489 e. The Balaban J connectivity index is 3.17. The fourth-order valence-corrected chi connectivity index (χ4v) is 3.20. The molecule has 33 heavy (non-hydrogen) atoms. The fourth-order valence-electron chi connectivity index (χ4n) is 3.20. The van der Waals surface area contributed by atoms with Crippen molar-refractivity contribution in [2.24, 2.45) is 5.92 Å². The van der Waals surface area contributed by atoms with Crippen LogP contribution in [-0.2, 0) is 20.9 Å². The van der Waals surface area contributed by atoms with E-state index in [1.54, 1.807) is 6.07 Å². The molecular weight excluding hydrogens is 420 g/mol. The number of carboxylic acid groups (broad SMARTS) is 1. The Morgan fingerprint density at radius 1 is 0.909 bits per heavy atom. The molecule has 0 saturated heterocycles. The Morgan fingerprint density at radius 3 is 2.06 bits per heavy atom. The number of unbranched alkanes of at least 4 members (excludes halogenated alkanes) is 6. The largest absolute Gasteiger partial charge is 0.489 e. The van der Waals surface area contributed by atoms with E-state index in [1.165, 1.54) is 6.08 Å². The average Bonchev–Trinajstić information content (AvgIpc) is 2.81. The van der Waals surface area contributed by atoms with Gasteiger partial charge < -0.3 is 19.3 Å². The van der Waals surface area contributed by atoms with Gasteiger partial charge in [-0.1, -0.05) is 78.4 Å². The number of hydrogen-bond donors (Lipinski definition) is 1. The molecule has 1 aromatic carbocycles. The third-order valence-electron chi connectivity index (χ3n) is 5.50. The van der Waals surface area contributed by atoms with E-state index in [4.69, 9.17) is 19.3 Å². The van der Waals surface area contributed by atoms with Crippen molar-refractivity contribution in [2.75, 3.05) is 13.2 Å². The van der Waals surface area contributed by atoms with Crippen LogP contribution in [0.5, 0.6) is 11.5 Å². The standard InChI is InChI=1S/C27H42O6/c1-5-8-10-12-18-31-25-22(16-17-24(28)29)14-15-23(20-33-27(30)21(4)7-3)26(25)32-19-13-11-9-6-2/h14-17,21H,5-13,18-20H2,1-4H3,(H,28,29)/b17-16+. The maximum atomic E-state index is 12.2. The molecule has 0 heterocycles. The van der Waals surface area contributed by atoms with E-state index in [-0.39, 0.29) is 18.5 Å². The fraction of sp³-hybridized carbons (Fsp3) is 0.630. The quantitative estimate of drug-likeness (QED) is 0.147. The van der Waals surface area contributed by atoms with Gasteiger partial charge in [-0.25, -0.2) is 4.79 Å². The summed E-state index contributed by atoms with van der Waals surface area (Å²) >= 11 is 0. The van der Waals surface area contributed by atoms with E-state index < -0.39 is 5.97 Å². The molecule has 0 amide bonds. The number of carbonyl (C=O) groups excluding carboxylic acids is 1. The molecule has 186 valence electrons. The van der Waals surface area contributed by atoms with Crippen LogP contribution in [0.4, 0.5) is 0 Å². The second-order valence-corrected chi connectivity index (χ2v) is 8.38. The van der Waals surface area contributed by atoms with Crippen molar-refractivity contribution in [1.82, 2.24) is 0 Å². The molecular formula is C27H42O6. The Morgan fingerprint density at radius 2 is 1.52 bits per heavy atom. The first-order valence-corrected chi connectivity index (χ1v) is 12.4. The summed E-state index contributed by atoms with van der Waals surface area (Å²) in [6, 6.07) is 3.61. The zero-order chi connectivity index (χ0) is 24.5. The van der Waals surface area contributed by atoms with Gasteiger partial charge in [-0.2, -0.15) is 0 Å². The zero-order valence-corrected chi connectivity index (χ0v) is 20.9. The molecule has 1 atom stereocenters. The highest BCUT2D eigenvalue weighted by Gasteiger charge is 2.19. The summed E-state index contributed by atoms with van der Waals surface area (Å²) in [6.07, 6.45) is 11.8. The second-order valence-electron chi connectivity index (χ2n) is 8.38. The van der Waals surface area contributed by atoms with Gasteiger partial charge in [0, 0.05) is 17.2 Å². The minimum absolute atomic E-state index is 0.0859. The number of carbonyl (C=O) groups is 2. The predicted molar refractivity (Wildman–Crippen MR) is 132 cm³/mol. The SMILES string of the molecule is CCCCCCOc1c(/C=C/C(=O)O)ccc(COC(=O)C(C)CC)c1OCCCCCC. The average molecular weight is 463 g/mol. The van der Waals surface area contributed by atoms with Crippen molar-refractivity contribution in [3.05, 3.63) is 29.3 Å². The molecule has 0 saturated carbocycles. The predicted octanol–water partition coefficient (Wildman–Crippen LogP) is 6.79. The summed E-state index contributed by atoms with van der Waals surface area (Å²) in [4.78, 5) is 23.3. The third-order valence-corrected chi connectivity index (χ3v) is 5.50. The van der Waals surface area contributed by atoms with E-state index in [9.17, 15) is 9.59 Å². The Labute approximate surface area is 199 Å². The maximum Gasteiger partial charge on any atom is 0.328 e. The number of hydrogen-bond acceptors (Lipinski definition) is 5. The van der Waals surface area contributed by atoms with E-state index in [0.717, 1.165) is 63.0 Å². The summed E-state index contributed by atoms with van der Waals surface area (Å²) in [7, 11) is 0. The molecule has 0 fully saturated rings. The highest BCUT2D eigenvalue weighted by molar-refractivity contribution is 5.86. The van der Waals surface area contributed by atoms with Crippen molar-refractivity contribution in [3.8, 4) is 11.5 Å². The van der Waals surface area contributed by atoms with Crippen LogP contribution in [-0.4, -0.2) is 30.3 Å². The highest BCUT2D eigenvalue weighted by atomic mass is 16.5. The summed E-state index contributed by atoms with van der Waals surface area (Å²) in [5.41, 5.74) is 1.35. The molecule has 1 rings (SSSR count). The summed E-state index contributed by atoms with van der Waals surface area (Å²) < 4.78 is 17.8. The number of carboxylic acids is 1. The molecule has 6 nitrogen and oxygen atoms in total. The molecule has 0 bridgehead atoms. The molecule has 0 aliphatic rings. The van der Waals surface area contributed by atoms with Crippen molar-refractivity contribution in [3.63, 3.8) is 0 Å². The zero-order valence-electron chi connectivity index (χ0n) is 20.9. The van der Waals surface area contributed by atoms with Crippen LogP contribution in [0.2, 0.25) is 0 Å². The van der Waals surface area contributed by atoms with Gasteiger partial charge in [0.2, 0.25) is 0 Å². The van der Waals surface area contributed by atoms with E-state index in [0.29, 0.717) is 36.7 Å². The Kier molecular flexibility index (Phi) is 14.7. The van der Waals surface area contributed by atoms with Crippen molar-refractivity contribution in [1.29, 1.82) is 0 Å². The number of benzene rings is 1. The molecule has 0 aromatic heterocycles. The van der Waals surface area contributed by atoms with Gasteiger partial charge in [0.05, 0.1) is 19.1 Å². The van der Waals surface area contributed by atoms with Crippen LogP contribution in [0.3, 0.4) is 0 Å². The first kappa shape index (κ1) is 28.5.